The predicted molar refractivity (Wildman–Crippen MR) is 77.4 cm³/mol. The Morgan fingerprint density at radius 1 is 1.40 bits per heavy atom. The van der Waals surface area contributed by atoms with Gasteiger partial charge < -0.3 is 5.73 Å². The largest absolute Gasteiger partial charge is 0.351 e. The van der Waals surface area contributed by atoms with Gasteiger partial charge in [-0.2, -0.15) is 0 Å². The molecule has 0 unspecified atom stereocenters. The van der Waals surface area contributed by atoms with E-state index in [9.17, 15) is 9.59 Å². The molecule has 2 rings (SSSR count). The lowest BCUT2D eigenvalue weighted by atomic mass is 10.1. The zero-order valence-corrected chi connectivity index (χ0v) is 12.1. The van der Waals surface area contributed by atoms with Crippen molar-refractivity contribution in [1.29, 1.82) is 0 Å². The van der Waals surface area contributed by atoms with Crippen LogP contribution in [0.2, 0.25) is 0 Å². The number of imide groups is 1. The van der Waals surface area contributed by atoms with Crippen molar-refractivity contribution in [3.63, 3.8) is 0 Å². The van der Waals surface area contributed by atoms with E-state index in [1.54, 1.807) is 6.20 Å². The normalized spacial score (nSPS) is 12.6. The first kappa shape index (κ1) is 14.4. The van der Waals surface area contributed by atoms with Crippen LogP contribution in [0.5, 0.6) is 0 Å². The van der Waals surface area contributed by atoms with Crippen LogP contribution in [-0.2, 0) is 4.79 Å². The van der Waals surface area contributed by atoms with Crippen LogP contribution < -0.4 is 11.1 Å². The van der Waals surface area contributed by atoms with E-state index in [-0.39, 0.29) is 5.92 Å². The molecule has 1 atom stereocenters. The zero-order valence-electron chi connectivity index (χ0n) is 11.2. The van der Waals surface area contributed by atoms with Crippen molar-refractivity contribution in [2.45, 2.75) is 24.3 Å². The monoisotopic (exact) mass is 292 g/mol. The number of nitrogens with one attached hydrogen (secondary N) is 1. The SMILES string of the molecule is CC(C)[C@H](Sc1ncc2ccccn12)C(=O)NC(N)=O. The van der Waals surface area contributed by atoms with Gasteiger partial charge in [0.05, 0.1) is 17.0 Å². The number of primary amides is 1. The molecule has 0 bridgehead atoms. The first-order valence-corrected chi connectivity index (χ1v) is 7.06. The van der Waals surface area contributed by atoms with Crippen LogP contribution in [0.4, 0.5) is 4.79 Å². The smallest absolute Gasteiger partial charge is 0.318 e. The van der Waals surface area contributed by atoms with E-state index < -0.39 is 17.2 Å². The second-order valence-corrected chi connectivity index (χ2v) is 5.78. The molecule has 0 aliphatic carbocycles. The number of aromatic nitrogens is 2. The Hall–Kier alpha value is -2.02. The van der Waals surface area contributed by atoms with E-state index >= 15 is 0 Å². The highest BCUT2D eigenvalue weighted by atomic mass is 32.2. The Kier molecular flexibility index (Phi) is 4.29. The number of nitrogens with two attached hydrogens (primary N) is 1. The number of amides is 3. The molecule has 0 aliphatic heterocycles. The van der Waals surface area contributed by atoms with Crippen LogP contribution in [0.15, 0.2) is 35.7 Å². The number of rotatable bonds is 4. The highest BCUT2D eigenvalue weighted by Crippen LogP contribution is 2.28. The van der Waals surface area contributed by atoms with Gasteiger partial charge in [0.25, 0.3) is 0 Å². The van der Waals surface area contributed by atoms with Crippen LogP contribution in [-0.4, -0.2) is 26.6 Å². The molecule has 6 nitrogen and oxygen atoms in total. The average Bonchev–Trinajstić information content (AvgIpc) is 2.77. The summed E-state index contributed by atoms with van der Waals surface area (Å²) in [6.45, 7) is 3.82. The molecule has 0 fully saturated rings. The van der Waals surface area contributed by atoms with Crippen molar-refractivity contribution in [2.24, 2.45) is 11.7 Å². The fraction of sp³-hybridized carbons (Fsp3) is 0.308. The number of fused-ring (bicyclic) bond motifs is 1. The summed E-state index contributed by atoms with van der Waals surface area (Å²) in [6, 6.07) is 4.91. The third-order valence-electron chi connectivity index (χ3n) is 2.75. The number of nitrogens with zero attached hydrogens (tertiary/aromatic N) is 2. The van der Waals surface area contributed by atoms with Crippen LogP contribution >= 0.6 is 11.8 Å². The van der Waals surface area contributed by atoms with Crippen molar-refractivity contribution < 1.29 is 9.59 Å². The summed E-state index contributed by atoms with van der Waals surface area (Å²) in [5.41, 5.74) is 5.95. The standard InChI is InChI=1S/C13H16N4O2S/c1-8(2)10(11(18)16-12(14)19)20-13-15-7-9-5-3-4-6-17(9)13/h3-8,10H,1-2H3,(H3,14,16,18,19)/t10-/m0/s1. The second-order valence-electron chi connectivity index (χ2n) is 4.67. The second kappa shape index (κ2) is 5.96. The number of carbonyl (C=O) groups excluding carboxylic acids is 2. The van der Waals surface area contributed by atoms with Crippen molar-refractivity contribution in [3.8, 4) is 0 Å². The molecule has 20 heavy (non-hydrogen) atoms. The van der Waals surface area contributed by atoms with Gasteiger partial charge >= 0.3 is 6.03 Å². The van der Waals surface area contributed by atoms with Gasteiger partial charge in [-0.15, -0.1) is 0 Å². The first-order valence-electron chi connectivity index (χ1n) is 6.18. The number of hydrogen-bond donors (Lipinski definition) is 2. The third-order valence-corrected chi connectivity index (χ3v) is 4.27. The van der Waals surface area contributed by atoms with Gasteiger partial charge in [-0.3, -0.25) is 14.5 Å². The lowest BCUT2D eigenvalue weighted by Gasteiger charge is -2.17. The van der Waals surface area contributed by atoms with Gasteiger partial charge in [0.15, 0.2) is 5.16 Å². The summed E-state index contributed by atoms with van der Waals surface area (Å²) in [5, 5.41) is 2.40. The van der Waals surface area contributed by atoms with E-state index in [0.717, 1.165) is 5.52 Å². The molecule has 106 valence electrons. The number of pyridine rings is 1. The molecule has 3 N–H and O–H groups in total. The van der Waals surface area contributed by atoms with Crippen LogP contribution in [0, 0.1) is 5.92 Å². The van der Waals surface area contributed by atoms with E-state index in [1.807, 2.05) is 42.6 Å². The lowest BCUT2D eigenvalue weighted by Crippen LogP contribution is -2.42. The van der Waals surface area contributed by atoms with Gasteiger partial charge in [-0.05, 0) is 18.1 Å². The van der Waals surface area contributed by atoms with Crippen LogP contribution in [0.1, 0.15) is 13.8 Å². The Balaban J connectivity index is 2.24. The Labute approximate surface area is 120 Å². The molecular weight excluding hydrogens is 276 g/mol. The van der Waals surface area contributed by atoms with Crippen molar-refractivity contribution >= 4 is 29.2 Å². The Morgan fingerprint density at radius 2 is 2.15 bits per heavy atom. The molecule has 0 saturated carbocycles. The Morgan fingerprint density at radius 3 is 2.80 bits per heavy atom. The highest BCUT2D eigenvalue weighted by Gasteiger charge is 2.26. The fourth-order valence-corrected chi connectivity index (χ4v) is 2.86. The molecule has 2 aromatic rings. The average molecular weight is 292 g/mol. The van der Waals surface area contributed by atoms with Crippen molar-refractivity contribution in [1.82, 2.24) is 14.7 Å². The molecular formula is C13H16N4O2S. The summed E-state index contributed by atoms with van der Waals surface area (Å²) in [4.78, 5) is 27.1. The van der Waals surface area contributed by atoms with Crippen LogP contribution in [0.3, 0.4) is 0 Å². The highest BCUT2D eigenvalue weighted by molar-refractivity contribution is 8.00. The van der Waals surface area contributed by atoms with Crippen molar-refractivity contribution in [3.05, 3.63) is 30.6 Å². The van der Waals surface area contributed by atoms with E-state index in [1.165, 1.54) is 11.8 Å². The summed E-state index contributed by atoms with van der Waals surface area (Å²) in [5.74, 6) is -0.361. The number of imidazole rings is 1. The summed E-state index contributed by atoms with van der Waals surface area (Å²) < 4.78 is 1.90. The number of urea groups is 1. The van der Waals surface area contributed by atoms with Crippen molar-refractivity contribution in [2.75, 3.05) is 0 Å². The lowest BCUT2D eigenvalue weighted by molar-refractivity contribution is -0.120. The molecule has 0 spiro atoms. The van der Waals surface area contributed by atoms with Gasteiger partial charge in [0.1, 0.15) is 0 Å². The molecule has 2 aromatic heterocycles. The Bertz CT molecular complexity index is 638. The molecule has 0 aromatic carbocycles. The van der Waals surface area contributed by atoms with Crippen LogP contribution in [0.25, 0.3) is 5.52 Å². The van der Waals surface area contributed by atoms with E-state index in [2.05, 4.69) is 10.3 Å². The molecule has 0 radical (unpaired) electrons. The minimum atomic E-state index is -0.839. The quantitative estimate of drug-likeness (QED) is 0.838. The first-order chi connectivity index (χ1) is 9.49. The fourth-order valence-electron chi connectivity index (χ4n) is 1.80. The maximum Gasteiger partial charge on any atom is 0.318 e. The summed E-state index contributed by atoms with van der Waals surface area (Å²) in [6.07, 6.45) is 3.62. The van der Waals surface area contributed by atoms with E-state index in [0.29, 0.717) is 5.16 Å². The maximum atomic E-state index is 12.0. The minimum absolute atomic E-state index is 0.0374. The van der Waals surface area contributed by atoms with Gasteiger partial charge in [0, 0.05) is 6.20 Å². The molecule has 0 saturated heterocycles. The molecule has 7 heteroatoms. The molecule has 3 amide bonds. The number of hydrogen-bond acceptors (Lipinski definition) is 4. The molecule has 0 aliphatic rings. The number of carbonyl (C=O) groups is 2. The van der Waals surface area contributed by atoms with E-state index in [4.69, 9.17) is 5.73 Å². The summed E-state index contributed by atoms with van der Waals surface area (Å²) >= 11 is 1.32. The predicted octanol–water partition coefficient (Wildman–Crippen LogP) is 1.65. The topological polar surface area (TPSA) is 89.5 Å². The zero-order chi connectivity index (χ0) is 14.7. The number of thioether (sulfide) groups is 1. The van der Waals surface area contributed by atoms with Gasteiger partial charge in [-0.1, -0.05) is 31.7 Å². The molecule has 2 heterocycles. The summed E-state index contributed by atoms with van der Waals surface area (Å²) in [7, 11) is 0. The maximum absolute atomic E-state index is 12.0. The minimum Gasteiger partial charge on any atom is -0.351 e. The third kappa shape index (κ3) is 3.11. The van der Waals surface area contributed by atoms with Gasteiger partial charge in [0.2, 0.25) is 5.91 Å². The van der Waals surface area contributed by atoms with Gasteiger partial charge in [-0.25, -0.2) is 9.78 Å².